The zero-order valence-corrected chi connectivity index (χ0v) is 21.6. The van der Waals surface area contributed by atoms with Gasteiger partial charge < -0.3 is 33.7 Å². The second kappa shape index (κ2) is 13.6. The molecular weight excluding hydrogens is 466 g/mol. The van der Waals surface area contributed by atoms with Gasteiger partial charge in [0.25, 0.3) is 0 Å². The van der Waals surface area contributed by atoms with E-state index in [2.05, 4.69) is 38.6 Å². The third-order valence-corrected chi connectivity index (χ3v) is 6.64. The molecule has 1 aliphatic heterocycles. The van der Waals surface area contributed by atoms with Crippen molar-refractivity contribution in [2.75, 3.05) is 86.6 Å². The minimum atomic E-state index is -0.438. The Kier molecular flexibility index (Phi) is 10.5. The third-order valence-electron chi connectivity index (χ3n) is 6.64. The van der Waals surface area contributed by atoms with Crippen LogP contribution in [0.3, 0.4) is 0 Å². The molecule has 1 fully saturated rings. The van der Waals surface area contributed by atoms with E-state index in [4.69, 9.17) is 8.83 Å². The summed E-state index contributed by atoms with van der Waals surface area (Å²) in [4.78, 5) is 34.8. The molecule has 3 rings (SSSR count). The second-order valence-corrected chi connectivity index (χ2v) is 9.58. The lowest BCUT2D eigenvalue weighted by atomic mass is 10.3. The Morgan fingerprint density at radius 3 is 1.25 bits per heavy atom. The maximum atomic E-state index is 11.8. The Bertz CT molecular complexity index is 990. The number of rotatable bonds is 4. The van der Waals surface area contributed by atoms with Crippen molar-refractivity contribution in [2.24, 2.45) is 0 Å². The summed E-state index contributed by atoms with van der Waals surface area (Å²) in [5.74, 6) is -0.104. The van der Waals surface area contributed by atoms with Crippen molar-refractivity contribution >= 4 is 0 Å². The SMILES string of the molecule is CN1CCN(C)CCN(Cc2occc(=O)c2O)CCN(C)CCN(Cc2occc(=O)c2O)CC1. The van der Waals surface area contributed by atoms with Crippen molar-refractivity contribution in [2.45, 2.75) is 13.1 Å². The molecule has 200 valence electrons. The van der Waals surface area contributed by atoms with Crippen LogP contribution in [0.25, 0.3) is 0 Å². The molecule has 11 heteroatoms. The highest BCUT2D eigenvalue weighted by molar-refractivity contribution is 5.23. The largest absolute Gasteiger partial charge is 0.502 e. The Hall–Kier alpha value is -2.70. The molecule has 1 aliphatic rings. The van der Waals surface area contributed by atoms with Crippen LogP contribution in [0.2, 0.25) is 0 Å². The van der Waals surface area contributed by atoms with E-state index in [0.717, 1.165) is 65.4 Å². The zero-order valence-electron chi connectivity index (χ0n) is 21.6. The highest BCUT2D eigenvalue weighted by atomic mass is 16.4. The summed E-state index contributed by atoms with van der Waals surface area (Å²) < 4.78 is 10.9. The van der Waals surface area contributed by atoms with Gasteiger partial charge in [-0.25, -0.2) is 0 Å². The molecule has 2 N–H and O–H groups in total. The van der Waals surface area contributed by atoms with Gasteiger partial charge in [0.15, 0.2) is 11.5 Å². The van der Waals surface area contributed by atoms with E-state index in [-0.39, 0.29) is 23.0 Å². The van der Waals surface area contributed by atoms with E-state index < -0.39 is 10.9 Å². The monoisotopic (exact) mass is 505 g/mol. The van der Waals surface area contributed by atoms with Gasteiger partial charge in [0, 0.05) is 77.6 Å². The standard InChI is InChI=1S/C25H39N5O6/c1-26-6-7-27(2)9-13-30(19-23-25(34)21(32)5-17-36-23)15-11-28(3)10-14-29(12-8-26)18-22-24(33)20(31)4-16-35-22/h4-5,16-17,33-34H,6-15,18-19H2,1-3H3. The summed E-state index contributed by atoms with van der Waals surface area (Å²) in [5.41, 5.74) is -0.875. The lowest BCUT2D eigenvalue weighted by Gasteiger charge is -2.28. The van der Waals surface area contributed by atoms with Gasteiger partial charge in [0.05, 0.1) is 25.6 Å². The van der Waals surface area contributed by atoms with Crippen molar-refractivity contribution in [3.63, 3.8) is 0 Å². The predicted octanol–water partition coefficient (Wildman–Crippen LogP) is 0.117. The molecule has 0 radical (unpaired) electrons. The molecule has 0 spiro atoms. The molecule has 0 bridgehead atoms. The number of likely N-dealkylation sites (N-methyl/N-ethyl adjacent to an activating group) is 3. The molecule has 0 amide bonds. The third kappa shape index (κ3) is 8.45. The summed E-state index contributed by atoms with van der Waals surface area (Å²) in [7, 11) is 6.22. The van der Waals surface area contributed by atoms with Crippen LogP contribution in [-0.4, -0.2) is 121 Å². The highest BCUT2D eigenvalue weighted by Gasteiger charge is 2.18. The van der Waals surface area contributed by atoms with Crippen LogP contribution in [0, 0.1) is 0 Å². The lowest BCUT2D eigenvalue weighted by molar-refractivity contribution is 0.166. The zero-order chi connectivity index (χ0) is 26.1. The Labute approximate surface area is 211 Å². The quantitative estimate of drug-likeness (QED) is 0.590. The fourth-order valence-corrected chi connectivity index (χ4v) is 4.00. The van der Waals surface area contributed by atoms with E-state index >= 15 is 0 Å². The number of hydrogen-bond acceptors (Lipinski definition) is 11. The van der Waals surface area contributed by atoms with Crippen LogP contribution in [0.5, 0.6) is 11.5 Å². The highest BCUT2D eigenvalue weighted by Crippen LogP contribution is 2.15. The average Bonchev–Trinajstić information content (AvgIpc) is 2.86. The van der Waals surface area contributed by atoms with Crippen LogP contribution in [0.4, 0.5) is 0 Å². The van der Waals surface area contributed by atoms with Gasteiger partial charge >= 0.3 is 0 Å². The van der Waals surface area contributed by atoms with E-state index in [1.807, 2.05) is 7.05 Å². The van der Waals surface area contributed by atoms with E-state index in [9.17, 15) is 19.8 Å². The molecule has 2 aromatic rings. The Morgan fingerprint density at radius 2 is 0.917 bits per heavy atom. The molecule has 11 nitrogen and oxygen atoms in total. The van der Waals surface area contributed by atoms with Crippen molar-refractivity contribution in [1.82, 2.24) is 24.5 Å². The van der Waals surface area contributed by atoms with Crippen LogP contribution in [0.15, 0.2) is 43.1 Å². The molecule has 36 heavy (non-hydrogen) atoms. The van der Waals surface area contributed by atoms with Crippen molar-refractivity contribution in [3.8, 4) is 11.5 Å². The Balaban J connectivity index is 1.70. The van der Waals surface area contributed by atoms with Crippen LogP contribution in [0.1, 0.15) is 11.5 Å². The molecule has 3 heterocycles. The first kappa shape index (κ1) is 27.9. The summed E-state index contributed by atoms with van der Waals surface area (Å²) in [6.07, 6.45) is 2.64. The van der Waals surface area contributed by atoms with Crippen molar-refractivity contribution in [1.29, 1.82) is 0 Å². The minimum Gasteiger partial charge on any atom is -0.502 e. The van der Waals surface area contributed by atoms with Crippen molar-refractivity contribution in [3.05, 3.63) is 56.6 Å². The van der Waals surface area contributed by atoms with E-state index in [0.29, 0.717) is 13.1 Å². The Morgan fingerprint density at radius 1 is 0.611 bits per heavy atom. The smallest absolute Gasteiger partial charge is 0.226 e. The van der Waals surface area contributed by atoms with Gasteiger partial charge in [-0.3, -0.25) is 19.4 Å². The van der Waals surface area contributed by atoms with Gasteiger partial charge in [0.1, 0.15) is 0 Å². The predicted molar refractivity (Wildman–Crippen MR) is 136 cm³/mol. The first-order valence-corrected chi connectivity index (χ1v) is 12.3. The van der Waals surface area contributed by atoms with Gasteiger partial charge in [-0.15, -0.1) is 0 Å². The average molecular weight is 506 g/mol. The van der Waals surface area contributed by atoms with E-state index in [1.165, 1.54) is 24.7 Å². The molecule has 0 saturated carbocycles. The maximum Gasteiger partial charge on any atom is 0.226 e. The van der Waals surface area contributed by atoms with Crippen LogP contribution < -0.4 is 10.9 Å². The molecule has 0 atom stereocenters. The molecular formula is C25H39N5O6. The first-order valence-electron chi connectivity index (χ1n) is 12.3. The summed E-state index contributed by atoms with van der Waals surface area (Å²) in [5, 5.41) is 20.3. The second-order valence-electron chi connectivity index (χ2n) is 9.58. The first-order chi connectivity index (χ1) is 17.2. The van der Waals surface area contributed by atoms with Gasteiger partial charge in [-0.2, -0.15) is 0 Å². The molecule has 0 unspecified atom stereocenters. The summed E-state index contributed by atoms with van der Waals surface area (Å²) in [6, 6.07) is 2.43. The van der Waals surface area contributed by atoms with Gasteiger partial charge in [-0.05, 0) is 21.1 Å². The number of hydrogen-bond donors (Lipinski definition) is 2. The topological polar surface area (TPSA) is 117 Å². The van der Waals surface area contributed by atoms with Gasteiger partial charge in [-0.1, -0.05) is 0 Å². The van der Waals surface area contributed by atoms with Gasteiger partial charge in [0.2, 0.25) is 22.4 Å². The maximum absolute atomic E-state index is 11.8. The summed E-state index contributed by atoms with van der Waals surface area (Å²) >= 11 is 0. The van der Waals surface area contributed by atoms with Crippen LogP contribution >= 0.6 is 0 Å². The lowest BCUT2D eigenvalue weighted by Crippen LogP contribution is -2.40. The number of nitrogens with zero attached hydrogens (tertiary/aromatic N) is 5. The molecule has 1 saturated heterocycles. The van der Waals surface area contributed by atoms with Crippen LogP contribution in [-0.2, 0) is 13.1 Å². The van der Waals surface area contributed by atoms with Crippen molar-refractivity contribution < 1.29 is 19.0 Å². The number of aromatic hydroxyl groups is 2. The summed E-state index contributed by atoms with van der Waals surface area (Å²) in [6.45, 7) is 8.73. The fourth-order valence-electron chi connectivity index (χ4n) is 4.00. The molecule has 0 aliphatic carbocycles. The normalized spacial score (nSPS) is 19.6. The molecule has 0 aromatic carbocycles. The van der Waals surface area contributed by atoms with E-state index in [1.54, 1.807) is 0 Å². The molecule has 2 aromatic heterocycles. The fraction of sp³-hybridized carbons (Fsp3) is 0.600. The minimum absolute atomic E-state index is 0.279.